The Morgan fingerprint density at radius 2 is 1.67 bits per heavy atom. The predicted molar refractivity (Wildman–Crippen MR) is 131 cm³/mol. The zero-order chi connectivity index (χ0) is 23.2. The number of halogens is 1. The highest BCUT2D eigenvalue weighted by Gasteiger charge is 2.34. The Morgan fingerprint density at radius 1 is 0.909 bits per heavy atom. The van der Waals surface area contributed by atoms with Crippen molar-refractivity contribution >= 4 is 34.9 Å². The molecule has 1 saturated heterocycles. The predicted octanol–water partition coefficient (Wildman–Crippen LogP) is 5.62. The lowest BCUT2D eigenvalue weighted by Crippen LogP contribution is -2.48. The molecule has 0 aromatic heterocycles. The molecule has 0 spiro atoms. The van der Waals surface area contributed by atoms with E-state index in [-0.39, 0.29) is 23.8 Å². The van der Waals surface area contributed by atoms with Gasteiger partial charge >= 0.3 is 6.03 Å². The van der Waals surface area contributed by atoms with Crippen molar-refractivity contribution < 1.29 is 14.3 Å². The summed E-state index contributed by atoms with van der Waals surface area (Å²) in [6.07, 6.45) is 0.657. The zero-order valence-electron chi connectivity index (χ0n) is 18.3. The van der Waals surface area contributed by atoms with E-state index >= 15 is 0 Å². The Bertz CT molecular complexity index is 1110. The van der Waals surface area contributed by atoms with E-state index in [1.165, 1.54) is 0 Å². The molecule has 3 aromatic carbocycles. The van der Waals surface area contributed by atoms with Gasteiger partial charge in [0.2, 0.25) is 5.91 Å². The van der Waals surface area contributed by atoms with Crippen molar-refractivity contribution in [2.24, 2.45) is 5.92 Å². The maximum Gasteiger partial charge on any atom is 0.321 e. The average molecular weight is 464 g/mol. The van der Waals surface area contributed by atoms with Gasteiger partial charge in [0.25, 0.3) is 0 Å². The summed E-state index contributed by atoms with van der Waals surface area (Å²) in [5, 5.41) is 6.50. The number of piperidine rings is 1. The summed E-state index contributed by atoms with van der Waals surface area (Å²) in [7, 11) is 1.59. The number of urea groups is 1. The Morgan fingerprint density at radius 3 is 2.39 bits per heavy atom. The molecule has 1 fully saturated rings. The number of ether oxygens (including phenoxy) is 1. The second-order valence-corrected chi connectivity index (χ2v) is 8.54. The molecule has 1 aliphatic heterocycles. The first kappa shape index (κ1) is 22.7. The number of benzene rings is 3. The first-order valence-corrected chi connectivity index (χ1v) is 11.2. The van der Waals surface area contributed by atoms with Gasteiger partial charge in [-0.3, -0.25) is 4.79 Å². The third-order valence-electron chi connectivity index (χ3n) is 5.81. The molecule has 0 unspecified atom stereocenters. The summed E-state index contributed by atoms with van der Waals surface area (Å²) in [5.74, 6) is 0.249. The first-order chi connectivity index (χ1) is 16.0. The van der Waals surface area contributed by atoms with Gasteiger partial charge in [-0.15, -0.1) is 0 Å². The van der Waals surface area contributed by atoms with Crippen LogP contribution < -0.4 is 15.4 Å². The molecule has 3 aromatic rings. The van der Waals surface area contributed by atoms with Crippen LogP contribution in [0.1, 0.15) is 17.9 Å². The smallest absolute Gasteiger partial charge is 0.321 e. The van der Waals surface area contributed by atoms with Crippen molar-refractivity contribution in [3.63, 3.8) is 0 Å². The minimum Gasteiger partial charge on any atom is -0.497 e. The fraction of sp³-hybridized carbons (Fsp3) is 0.231. The number of nitrogens with one attached hydrogen (secondary N) is 2. The van der Waals surface area contributed by atoms with Crippen LogP contribution in [0.25, 0.3) is 0 Å². The SMILES string of the molecule is COc1cccc(NC(=O)[C@H]2C[C@H](c3ccccc3)CN(C(=O)Nc3ccc(Cl)cc3)C2)c1. The molecule has 6 nitrogen and oxygen atoms in total. The molecule has 0 bridgehead atoms. The number of methoxy groups -OCH3 is 1. The highest BCUT2D eigenvalue weighted by molar-refractivity contribution is 6.30. The highest BCUT2D eigenvalue weighted by atomic mass is 35.5. The number of carbonyl (C=O) groups excluding carboxylic acids is 2. The van der Waals surface area contributed by atoms with E-state index in [9.17, 15) is 9.59 Å². The summed E-state index contributed by atoms with van der Waals surface area (Å²) in [5.41, 5.74) is 2.43. The van der Waals surface area contributed by atoms with Crippen LogP contribution in [0.3, 0.4) is 0 Å². The molecule has 0 radical (unpaired) electrons. The van der Waals surface area contributed by atoms with Gasteiger partial charge in [-0.1, -0.05) is 48.0 Å². The van der Waals surface area contributed by atoms with E-state index in [1.54, 1.807) is 42.3 Å². The Kier molecular flexibility index (Phi) is 7.15. The minimum absolute atomic E-state index is 0.0528. The summed E-state index contributed by atoms with van der Waals surface area (Å²) in [4.78, 5) is 28.0. The van der Waals surface area contributed by atoms with Gasteiger partial charge < -0.3 is 20.3 Å². The van der Waals surface area contributed by atoms with Crippen molar-refractivity contribution in [2.45, 2.75) is 12.3 Å². The molecule has 33 heavy (non-hydrogen) atoms. The molecule has 0 aliphatic carbocycles. The summed E-state index contributed by atoms with van der Waals surface area (Å²) < 4.78 is 5.25. The molecule has 1 aliphatic rings. The molecule has 4 rings (SSSR count). The lowest BCUT2D eigenvalue weighted by atomic mass is 9.84. The number of carbonyl (C=O) groups is 2. The van der Waals surface area contributed by atoms with Crippen LogP contribution in [0.4, 0.5) is 16.2 Å². The maximum atomic E-state index is 13.2. The Labute approximate surface area is 198 Å². The summed E-state index contributed by atoms with van der Waals surface area (Å²) >= 11 is 5.95. The van der Waals surface area contributed by atoms with Gasteiger partial charge in [0, 0.05) is 41.5 Å². The van der Waals surface area contributed by atoms with E-state index in [4.69, 9.17) is 16.3 Å². The third-order valence-corrected chi connectivity index (χ3v) is 6.06. The maximum absolute atomic E-state index is 13.2. The van der Waals surface area contributed by atoms with E-state index in [0.29, 0.717) is 41.7 Å². The largest absolute Gasteiger partial charge is 0.497 e. The molecule has 2 N–H and O–H groups in total. The molecule has 2 atom stereocenters. The van der Waals surface area contributed by atoms with Crippen molar-refractivity contribution in [3.8, 4) is 5.75 Å². The highest BCUT2D eigenvalue weighted by Crippen LogP contribution is 2.32. The second kappa shape index (κ2) is 10.4. The van der Waals surface area contributed by atoms with Crippen molar-refractivity contribution in [1.29, 1.82) is 0 Å². The fourth-order valence-electron chi connectivity index (χ4n) is 4.10. The summed E-state index contributed by atoms with van der Waals surface area (Å²) in [6.45, 7) is 0.866. The Hall–Kier alpha value is -3.51. The average Bonchev–Trinajstić information content (AvgIpc) is 2.85. The van der Waals surface area contributed by atoms with Crippen LogP contribution in [0.5, 0.6) is 5.75 Å². The molecule has 3 amide bonds. The lowest BCUT2D eigenvalue weighted by Gasteiger charge is -2.37. The van der Waals surface area contributed by atoms with Crippen LogP contribution in [0, 0.1) is 5.92 Å². The van der Waals surface area contributed by atoms with Gasteiger partial charge in [0.15, 0.2) is 0 Å². The third kappa shape index (κ3) is 5.84. The van der Waals surface area contributed by atoms with E-state index in [0.717, 1.165) is 5.56 Å². The van der Waals surface area contributed by atoms with E-state index < -0.39 is 0 Å². The van der Waals surface area contributed by atoms with Crippen LogP contribution in [0.2, 0.25) is 5.02 Å². The number of hydrogen-bond acceptors (Lipinski definition) is 3. The number of amides is 3. The Balaban J connectivity index is 1.52. The minimum atomic E-state index is -0.355. The normalized spacial score (nSPS) is 17.8. The molecular weight excluding hydrogens is 438 g/mol. The lowest BCUT2D eigenvalue weighted by molar-refractivity contribution is -0.121. The van der Waals surface area contributed by atoms with Crippen molar-refractivity contribution in [1.82, 2.24) is 4.90 Å². The monoisotopic (exact) mass is 463 g/mol. The standard InChI is InChI=1S/C26H26ClN3O3/c1-33-24-9-5-8-23(15-24)28-25(31)20-14-19(18-6-3-2-4-7-18)16-30(17-20)26(32)29-22-12-10-21(27)11-13-22/h2-13,15,19-20H,14,16-17H2,1H3,(H,28,31)(H,29,32)/t19-,20-/m0/s1. The van der Waals surface area contributed by atoms with Gasteiger partial charge in [0.1, 0.15) is 5.75 Å². The van der Waals surface area contributed by atoms with Gasteiger partial charge in [-0.05, 0) is 48.4 Å². The number of hydrogen-bond donors (Lipinski definition) is 2. The molecule has 7 heteroatoms. The van der Waals surface area contributed by atoms with Crippen molar-refractivity contribution in [3.05, 3.63) is 89.4 Å². The van der Waals surface area contributed by atoms with E-state index in [1.807, 2.05) is 48.5 Å². The van der Waals surface area contributed by atoms with Crippen LogP contribution >= 0.6 is 11.6 Å². The topological polar surface area (TPSA) is 70.7 Å². The molecule has 1 heterocycles. The van der Waals surface area contributed by atoms with Crippen molar-refractivity contribution in [2.75, 3.05) is 30.8 Å². The van der Waals surface area contributed by atoms with Crippen LogP contribution in [-0.4, -0.2) is 37.0 Å². The number of anilines is 2. The number of rotatable bonds is 5. The van der Waals surface area contributed by atoms with Gasteiger partial charge in [0.05, 0.1) is 13.0 Å². The molecular formula is C26H26ClN3O3. The summed E-state index contributed by atoms with van der Waals surface area (Å²) in [6, 6.07) is 24.0. The van der Waals surface area contributed by atoms with Gasteiger partial charge in [-0.25, -0.2) is 4.79 Å². The van der Waals surface area contributed by atoms with Gasteiger partial charge in [-0.2, -0.15) is 0 Å². The number of likely N-dealkylation sites (tertiary alicyclic amines) is 1. The quantitative estimate of drug-likeness (QED) is 0.515. The second-order valence-electron chi connectivity index (χ2n) is 8.10. The number of nitrogens with zero attached hydrogens (tertiary/aromatic N) is 1. The van der Waals surface area contributed by atoms with E-state index in [2.05, 4.69) is 10.6 Å². The molecule has 170 valence electrons. The molecule has 0 saturated carbocycles. The van der Waals surface area contributed by atoms with Crippen LogP contribution in [0.15, 0.2) is 78.9 Å². The zero-order valence-corrected chi connectivity index (χ0v) is 19.1. The fourth-order valence-corrected chi connectivity index (χ4v) is 4.23. The first-order valence-electron chi connectivity index (χ1n) is 10.8. The van der Waals surface area contributed by atoms with Crippen LogP contribution in [-0.2, 0) is 4.79 Å².